The summed E-state index contributed by atoms with van der Waals surface area (Å²) < 4.78 is 5.62. The van der Waals surface area contributed by atoms with E-state index in [9.17, 15) is 0 Å². The first-order chi connectivity index (χ1) is 12.5. The van der Waals surface area contributed by atoms with Crippen LogP contribution in [0.3, 0.4) is 0 Å². The molecule has 0 amide bonds. The van der Waals surface area contributed by atoms with Crippen molar-refractivity contribution in [3.05, 3.63) is 89.5 Å². The second-order valence-electron chi connectivity index (χ2n) is 6.69. The zero-order valence-corrected chi connectivity index (χ0v) is 20.2. The molecular formula is C23H24S2Sn. The van der Waals surface area contributed by atoms with Gasteiger partial charge in [-0.3, -0.25) is 0 Å². The van der Waals surface area contributed by atoms with Gasteiger partial charge in [-0.1, -0.05) is 0 Å². The molecule has 3 aromatic carbocycles. The first-order valence-electron chi connectivity index (χ1n) is 8.80. The van der Waals surface area contributed by atoms with Gasteiger partial charge in [0.25, 0.3) is 0 Å². The first kappa shape index (κ1) is 19.7. The van der Waals surface area contributed by atoms with Crippen LogP contribution in [0.25, 0.3) is 0 Å². The summed E-state index contributed by atoms with van der Waals surface area (Å²) in [6.07, 6.45) is 2.14. The summed E-state index contributed by atoms with van der Waals surface area (Å²) in [5.41, 5.74) is 4.06. The zero-order chi connectivity index (χ0) is 18.7. The van der Waals surface area contributed by atoms with Crippen LogP contribution in [-0.4, -0.2) is 26.8 Å². The van der Waals surface area contributed by atoms with Gasteiger partial charge in [-0.25, -0.2) is 0 Å². The number of hydrogen-bond acceptors (Lipinski definition) is 2. The summed E-state index contributed by atoms with van der Waals surface area (Å²) >= 11 is 4.44. The monoisotopic (exact) mass is 484 g/mol. The maximum absolute atomic E-state index is 6.17. The molecule has 0 heterocycles. The normalized spacial score (nSPS) is 11.4. The van der Waals surface area contributed by atoms with E-state index in [-0.39, 0.29) is 0 Å². The van der Waals surface area contributed by atoms with Crippen molar-refractivity contribution >= 4 is 55.3 Å². The predicted molar refractivity (Wildman–Crippen MR) is 124 cm³/mol. The summed E-state index contributed by atoms with van der Waals surface area (Å²) in [4.78, 5) is 0. The molecule has 0 spiro atoms. The third kappa shape index (κ3) is 3.28. The Balaban J connectivity index is 2.53. The molecule has 0 bridgehead atoms. The SMILES string of the molecule is CS[C](=S)[Sn]([c]1ccccc1C)([c]1ccccc1C)[c]1ccccc1C. The van der Waals surface area contributed by atoms with Crippen LogP contribution in [0.1, 0.15) is 16.7 Å². The number of benzene rings is 3. The minimum absolute atomic E-state index is 1.19. The fourth-order valence-corrected chi connectivity index (χ4v) is 24.4. The molecule has 3 heteroatoms. The fourth-order valence-electron chi connectivity index (χ4n) is 3.90. The van der Waals surface area contributed by atoms with E-state index in [1.54, 1.807) is 11.8 Å². The van der Waals surface area contributed by atoms with Gasteiger partial charge in [0.05, 0.1) is 0 Å². The van der Waals surface area contributed by atoms with E-state index in [2.05, 4.69) is 99.8 Å². The fraction of sp³-hybridized carbons (Fsp3) is 0.174. The van der Waals surface area contributed by atoms with E-state index >= 15 is 0 Å². The van der Waals surface area contributed by atoms with Gasteiger partial charge < -0.3 is 0 Å². The summed E-state index contributed by atoms with van der Waals surface area (Å²) in [5, 5.41) is 0. The van der Waals surface area contributed by atoms with Crippen LogP contribution in [0.2, 0.25) is 0 Å². The van der Waals surface area contributed by atoms with E-state index in [1.165, 1.54) is 29.6 Å². The molecule has 26 heavy (non-hydrogen) atoms. The molecule has 3 rings (SSSR count). The third-order valence-corrected chi connectivity index (χ3v) is 25.3. The molecule has 0 saturated heterocycles. The molecule has 0 fully saturated rings. The quantitative estimate of drug-likeness (QED) is 0.401. The van der Waals surface area contributed by atoms with E-state index < -0.39 is 18.4 Å². The Morgan fingerprint density at radius 2 is 0.962 bits per heavy atom. The number of rotatable bonds is 4. The van der Waals surface area contributed by atoms with Crippen molar-refractivity contribution in [1.82, 2.24) is 0 Å². The van der Waals surface area contributed by atoms with Gasteiger partial charge in [0.2, 0.25) is 0 Å². The van der Waals surface area contributed by atoms with Crippen LogP contribution < -0.4 is 10.7 Å². The Bertz CT molecular complexity index is 835. The Hall–Kier alpha value is -1.10. The molecular weight excluding hydrogens is 459 g/mol. The standard InChI is InChI=1S/3C7H7.C2H3S2.Sn/c3*1-7-5-3-2-4-6-7;1-4-2-3;/h3*2-5H,1H3;1H3;. The first-order valence-corrected chi connectivity index (χ1v) is 16.1. The molecule has 0 aliphatic heterocycles. The van der Waals surface area contributed by atoms with Crippen LogP contribution in [0.4, 0.5) is 0 Å². The Morgan fingerprint density at radius 1 is 0.654 bits per heavy atom. The van der Waals surface area contributed by atoms with Gasteiger partial charge in [-0.15, -0.1) is 0 Å². The Kier molecular flexibility index (Phi) is 6.26. The molecule has 0 unspecified atom stereocenters. The molecule has 0 radical (unpaired) electrons. The minimum atomic E-state index is -3.50. The van der Waals surface area contributed by atoms with Crippen LogP contribution in [0.15, 0.2) is 72.8 Å². The van der Waals surface area contributed by atoms with E-state index in [0.29, 0.717) is 0 Å². The molecule has 0 nitrogen and oxygen atoms in total. The Morgan fingerprint density at radius 3 is 1.23 bits per heavy atom. The Labute approximate surface area is 170 Å². The van der Waals surface area contributed by atoms with Crippen molar-refractivity contribution in [3.63, 3.8) is 0 Å². The van der Waals surface area contributed by atoms with Gasteiger partial charge in [0.1, 0.15) is 0 Å². The van der Waals surface area contributed by atoms with Gasteiger partial charge in [-0.2, -0.15) is 0 Å². The van der Waals surface area contributed by atoms with Crippen LogP contribution in [-0.2, 0) is 0 Å². The average Bonchev–Trinajstić information content (AvgIpc) is 2.65. The van der Waals surface area contributed by atoms with Crippen LogP contribution in [0.5, 0.6) is 0 Å². The summed E-state index contributed by atoms with van der Waals surface area (Å²) in [6.45, 7) is 6.71. The zero-order valence-electron chi connectivity index (χ0n) is 15.7. The third-order valence-electron chi connectivity index (χ3n) is 5.14. The van der Waals surface area contributed by atoms with Crippen molar-refractivity contribution in [1.29, 1.82) is 0 Å². The van der Waals surface area contributed by atoms with Crippen molar-refractivity contribution in [2.24, 2.45) is 0 Å². The molecule has 132 valence electrons. The summed E-state index contributed by atoms with van der Waals surface area (Å²) in [6, 6.07) is 26.6. The van der Waals surface area contributed by atoms with Crippen LogP contribution in [0, 0.1) is 20.8 Å². The van der Waals surface area contributed by atoms with Crippen molar-refractivity contribution < 1.29 is 0 Å². The van der Waals surface area contributed by atoms with E-state index in [4.69, 9.17) is 12.2 Å². The second-order valence-corrected chi connectivity index (χ2v) is 20.6. The van der Waals surface area contributed by atoms with E-state index in [0.717, 1.165) is 0 Å². The van der Waals surface area contributed by atoms with Gasteiger partial charge >= 0.3 is 172 Å². The van der Waals surface area contributed by atoms with Crippen molar-refractivity contribution in [2.45, 2.75) is 20.8 Å². The molecule has 0 N–H and O–H groups in total. The van der Waals surface area contributed by atoms with Gasteiger partial charge in [-0.05, 0) is 0 Å². The van der Waals surface area contributed by atoms with Crippen molar-refractivity contribution in [3.8, 4) is 0 Å². The molecule has 0 aliphatic rings. The van der Waals surface area contributed by atoms with E-state index in [1.807, 2.05) is 0 Å². The molecule has 0 atom stereocenters. The number of thioether (sulfide) groups is 1. The molecule has 0 aliphatic carbocycles. The average molecular weight is 483 g/mol. The molecule has 0 saturated carbocycles. The predicted octanol–water partition coefficient (Wildman–Crippen LogP) is 4.31. The maximum atomic E-state index is 6.17. The van der Waals surface area contributed by atoms with Gasteiger partial charge in [0, 0.05) is 0 Å². The summed E-state index contributed by atoms with van der Waals surface area (Å²) in [7, 11) is 0. The molecule has 0 aromatic heterocycles. The second kappa shape index (κ2) is 8.28. The van der Waals surface area contributed by atoms with Gasteiger partial charge in [0.15, 0.2) is 0 Å². The van der Waals surface area contributed by atoms with Crippen LogP contribution >= 0.6 is 24.0 Å². The number of aryl methyl sites for hydroxylation is 3. The topological polar surface area (TPSA) is 0 Å². The van der Waals surface area contributed by atoms with Crippen molar-refractivity contribution in [2.75, 3.05) is 6.26 Å². The molecule has 3 aromatic rings. The number of hydrogen-bond donors (Lipinski definition) is 0. The number of thiocarbonyl (C=S) groups is 1. The summed E-state index contributed by atoms with van der Waals surface area (Å²) in [5.74, 6) is 0.